The van der Waals surface area contributed by atoms with Crippen LogP contribution >= 0.6 is 0 Å². The molecule has 33 heavy (non-hydrogen) atoms. The molecule has 1 N–H and O–H groups in total. The SMILES string of the molecule is COc1ccc(C(=O)N2CCN(c3ccc(NC(=O)COc4ccccc4)cc3)CC2)cc1. The van der Waals surface area contributed by atoms with Crippen LogP contribution in [0.15, 0.2) is 78.9 Å². The first-order valence-corrected chi connectivity index (χ1v) is 10.9. The average Bonchev–Trinajstić information content (AvgIpc) is 2.88. The van der Waals surface area contributed by atoms with E-state index in [-0.39, 0.29) is 18.4 Å². The number of nitrogens with one attached hydrogen (secondary N) is 1. The van der Waals surface area contributed by atoms with Gasteiger partial charge >= 0.3 is 0 Å². The van der Waals surface area contributed by atoms with Gasteiger partial charge in [-0.2, -0.15) is 0 Å². The summed E-state index contributed by atoms with van der Waals surface area (Å²) in [5.74, 6) is 1.22. The maximum atomic E-state index is 12.7. The second kappa shape index (κ2) is 10.5. The van der Waals surface area contributed by atoms with Gasteiger partial charge in [0.25, 0.3) is 11.8 Å². The summed E-state index contributed by atoms with van der Waals surface area (Å²) in [6.45, 7) is 2.76. The van der Waals surface area contributed by atoms with Crippen molar-refractivity contribution >= 4 is 23.2 Å². The second-order valence-electron chi connectivity index (χ2n) is 7.70. The summed E-state index contributed by atoms with van der Waals surface area (Å²) >= 11 is 0. The monoisotopic (exact) mass is 445 g/mol. The zero-order valence-electron chi connectivity index (χ0n) is 18.6. The zero-order chi connectivity index (χ0) is 23.0. The molecule has 0 atom stereocenters. The first-order chi connectivity index (χ1) is 16.1. The fourth-order valence-corrected chi connectivity index (χ4v) is 3.70. The number of anilines is 2. The molecule has 7 heteroatoms. The first-order valence-electron chi connectivity index (χ1n) is 10.9. The molecule has 1 aliphatic heterocycles. The van der Waals surface area contributed by atoms with Crippen LogP contribution in [0, 0.1) is 0 Å². The molecule has 170 valence electrons. The van der Waals surface area contributed by atoms with Crippen molar-refractivity contribution in [2.75, 3.05) is 50.1 Å². The van der Waals surface area contributed by atoms with Crippen molar-refractivity contribution in [2.45, 2.75) is 0 Å². The van der Waals surface area contributed by atoms with Gasteiger partial charge in [0.1, 0.15) is 11.5 Å². The minimum absolute atomic E-state index is 0.0353. The zero-order valence-corrected chi connectivity index (χ0v) is 18.6. The summed E-state index contributed by atoms with van der Waals surface area (Å²) in [4.78, 5) is 29.0. The van der Waals surface area contributed by atoms with Crippen molar-refractivity contribution in [1.29, 1.82) is 0 Å². The van der Waals surface area contributed by atoms with Gasteiger partial charge < -0.3 is 24.6 Å². The summed E-state index contributed by atoms with van der Waals surface area (Å²) in [5, 5.41) is 2.85. The predicted octanol–water partition coefficient (Wildman–Crippen LogP) is 3.68. The molecule has 1 fully saturated rings. The second-order valence-corrected chi connectivity index (χ2v) is 7.70. The van der Waals surface area contributed by atoms with E-state index in [0.29, 0.717) is 30.1 Å². The van der Waals surface area contributed by atoms with E-state index in [9.17, 15) is 9.59 Å². The van der Waals surface area contributed by atoms with Gasteiger partial charge in [-0.05, 0) is 60.7 Å². The maximum Gasteiger partial charge on any atom is 0.262 e. The van der Waals surface area contributed by atoms with E-state index in [1.807, 2.05) is 59.5 Å². The molecule has 0 radical (unpaired) electrons. The molecule has 0 saturated carbocycles. The fraction of sp³-hybridized carbons (Fsp3) is 0.231. The Morgan fingerprint density at radius 2 is 1.48 bits per heavy atom. The third-order valence-corrected chi connectivity index (χ3v) is 5.53. The van der Waals surface area contributed by atoms with Crippen LogP contribution in [0.1, 0.15) is 10.4 Å². The van der Waals surface area contributed by atoms with Crippen LogP contribution in [-0.4, -0.2) is 56.6 Å². The number of hydrogen-bond acceptors (Lipinski definition) is 5. The predicted molar refractivity (Wildman–Crippen MR) is 128 cm³/mol. The molecule has 0 bridgehead atoms. The molecule has 0 aliphatic carbocycles. The maximum absolute atomic E-state index is 12.7. The summed E-state index contributed by atoms with van der Waals surface area (Å²) in [7, 11) is 1.61. The molecule has 1 aliphatic rings. The molecular weight excluding hydrogens is 418 g/mol. The highest BCUT2D eigenvalue weighted by Crippen LogP contribution is 2.21. The minimum Gasteiger partial charge on any atom is -0.497 e. The van der Waals surface area contributed by atoms with Gasteiger partial charge in [-0.15, -0.1) is 0 Å². The van der Waals surface area contributed by atoms with Gasteiger partial charge in [0.05, 0.1) is 7.11 Å². The van der Waals surface area contributed by atoms with Gasteiger partial charge in [0.2, 0.25) is 0 Å². The molecule has 0 spiro atoms. The van der Waals surface area contributed by atoms with Crippen LogP contribution in [0.5, 0.6) is 11.5 Å². The third kappa shape index (κ3) is 5.83. The molecule has 3 aromatic rings. The van der Waals surface area contributed by atoms with E-state index >= 15 is 0 Å². The van der Waals surface area contributed by atoms with E-state index in [0.717, 1.165) is 24.5 Å². The lowest BCUT2D eigenvalue weighted by molar-refractivity contribution is -0.118. The van der Waals surface area contributed by atoms with Crippen molar-refractivity contribution in [3.8, 4) is 11.5 Å². The minimum atomic E-state index is -0.211. The van der Waals surface area contributed by atoms with E-state index in [1.165, 1.54) is 0 Å². The smallest absolute Gasteiger partial charge is 0.262 e. The number of amides is 2. The van der Waals surface area contributed by atoms with Crippen molar-refractivity contribution in [3.63, 3.8) is 0 Å². The van der Waals surface area contributed by atoms with Crippen LogP contribution in [0.4, 0.5) is 11.4 Å². The van der Waals surface area contributed by atoms with Crippen LogP contribution in [-0.2, 0) is 4.79 Å². The Kier molecular flexibility index (Phi) is 7.09. The van der Waals surface area contributed by atoms with E-state index < -0.39 is 0 Å². The number of para-hydroxylation sites is 1. The van der Waals surface area contributed by atoms with Gasteiger partial charge in [0.15, 0.2) is 6.61 Å². The highest BCUT2D eigenvalue weighted by atomic mass is 16.5. The van der Waals surface area contributed by atoms with Crippen molar-refractivity contribution in [1.82, 2.24) is 4.90 Å². The highest BCUT2D eigenvalue weighted by molar-refractivity contribution is 5.94. The topological polar surface area (TPSA) is 71.1 Å². The first kappa shape index (κ1) is 22.2. The number of methoxy groups -OCH3 is 1. The lowest BCUT2D eigenvalue weighted by Crippen LogP contribution is -2.48. The molecule has 7 nitrogen and oxygen atoms in total. The van der Waals surface area contributed by atoms with Gasteiger partial charge in [0, 0.05) is 43.1 Å². The van der Waals surface area contributed by atoms with Crippen molar-refractivity contribution < 1.29 is 19.1 Å². The summed E-state index contributed by atoms with van der Waals surface area (Å²) in [6.07, 6.45) is 0. The Hall–Kier alpha value is -4.00. The summed E-state index contributed by atoms with van der Waals surface area (Å²) in [5.41, 5.74) is 2.44. The Labute approximate surface area is 193 Å². The summed E-state index contributed by atoms with van der Waals surface area (Å²) in [6, 6.07) is 24.2. The molecule has 1 heterocycles. The molecule has 2 amide bonds. The Morgan fingerprint density at radius 3 is 2.12 bits per heavy atom. The third-order valence-electron chi connectivity index (χ3n) is 5.53. The molecule has 1 saturated heterocycles. The van der Waals surface area contributed by atoms with Gasteiger partial charge in [-0.1, -0.05) is 18.2 Å². The molecular formula is C26H27N3O4. The normalized spacial score (nSPS) is 13.4. The molecule has 0 aromatic heterocycles. The number of hydrogen-bond donors (Lipinski definition) is 1. The average molecular weight is 446 g/mol. The van der Waals surface area contributed by atoms with Crippen molar-refractivity contribution in [2.24, 2.45) is 0 Å². The fourth-order valence-electron chi connectivity index (χ4n) is 3.70. The number of carbonyl (C=O) groups is 2. The number of piperazine rings is 1. The Bertz CT molecular complexity index is 1060. The van der Waals surface area contributed by atoms with Crippen LogP contribution in [0.3, 0.4) is 0 Å². The Morgan fingerprint density at radius 1 is 0.818 bits per heavy atom. The Balaban J connectivity index is 1.25. The van der Waals surface area contributed by atoms with Crippen LogP contribution < -0.4 is 19.7 Å². The van der Waals surface area contributed by atoms with E-state index in [1.54, 1.807) is 31.4 Å². The number of nitrogens with zero attached hydrogens (tertiary/aromatic N) is 2. The largest absolute Gasteiger partial charge is 0.497 e. The lowest BCUT2D eigenvalue weighted by Gasteiger charge is -2.36. The summed E-state index contributed by atoms with van der Waals surface area (Å²) < 4.78 is 10.6. The van der Waals surface area contributed by atoms with Gasteiger partial charge in [-0.3, -0.25) is 9.59 Å². The van der Waals surface area contributed by atoms with Crippen molar-refractivity contribution in [3.05, 3.63) is 84.4 Å². The lowest BCUT2D eigenvalue weighted by atomic mass is 10.1. The number of benzene rings is 3. The standard InChI is InChI=1S/C26H27N3O4/c1-32-23-13-7-20(8-14-23)26(31)29-17-15-28(16-18-29)22-11-9-21(10-12-22)27-25(30)19-33-24-5-3-2-4-6-24/h2-14H,15-19H2,1H3,(H,27,30). The number of carbonyl (C=O) groups excluding carboxylic acids is 2. The quantitative estimate of drug-likeness (QED) is 0.601. The molecule has 0 unspecified atom stereocenters. The van der Waals surface area contributed by atoms with Crippen LogP contribution in [0.25, 0.3) is 0 Å². The van der Waals surface area contributed by atoms with E-state index in [2.05, 4.69) is 10.2 Å². The molecule has 3 aromatic carbocycles. The molecule has 4 rings (SSSR count). The number of ether oxygens (including phenoxy) is 2. The van der Waals surface area contributed by atoms with E-state index in [4.69, 9.17) is 9.47 Å². The van der Waals surface area contributed by atoms with Gasteiger partial charge in [-0.25, -0.2) is 0 Å². The highest BCUT2D eigenvalue weighted by Gasteiger charge is 2.22. The number of rotatable bonds is 7. The van der Waals surface area contributed by atoms with Crippen LogP contribution in [0.2, 0.25) is 0 Å².